The van der Waals surface area contributed by atoms with E-state index in [0.717, 1.165) is 11.1 Å². The summed E-state index contributed by atoms with van der Waals surface area (Å²) in [5.74, 6) is -0.798. The second kappa shape index (κ2) is 8.66. The van der Waals surface area contributed by atoms with Crippen LogP contribution < -0.4 is 16.4 Å². The van der Waals surface area contributed by atoms with Crippen molar-refractivity contribution >= 4 is 23.3 Å². The van der Waals surface area contributed by atoms with E-state index < -0.39 is 5.91 Å². The molecule has 26 heavy (non-hydrogen) atoms. The summed E-state index contributed by atoms with van der Waals surface area (Å²) in [4.78, 5) is 24.1. The van der Waals surface area contributed by atoms with Crippen molar-refractivity contribution in [3.8, 4) is 0 Å². The van der Waals surface area contributed by atoms with Crippen LogP contribution in [0.2, 0.25) is 0 Å². The lowest BCUT2D eigenvalue weighted by Gasteiger charge is -2.15. The first-order chi connectivity index (χ1) is 12.4. The molecule has 7 nitrogen and oxygen atoms in total. The van der Waals surface area contributed by atoms with Gasteiger partial charge in [-0.2, -0.15) is 0 Å². The molecule has 0 aliphatic rings. The van der Waals surface area contributed by atoms with Gasteiger partial charge in [-0.3, -0.25) is 9.59 Å². The van der Waals surface area contributed by atoms with Gasteiger partial charge >= 0.3 is 0 Å². The Morgan fingerprint density at radius 1 is 1.15 bits per heavy atom. The Kier molecular flexibility index (Phi) is 6.32. The molecule has 1 unspecified atom stereocenters. The molecule has 0 radical (unpaired) electrons. The summed E-state index contributed by atoms with van der Waals surface area (Å²) in [6, 6.07) is 14.1. The molecule has 0 aliphatic carbocycles. The average molecular weight is 354 g/mol. The highest BCUT2D eigenvalue weighted by Gasteiger charge is 2.14. The number of carbonyl (C=O) groups excluding carboxylic acids is 2. The lowest BCUT2D eigenvalue weighted by molar-refractivity contribution is -0.127. The van der Waals surface area contributed by atoms with Gasteiger partial charge in [-0.15, -0.1) is 0 Å². The zero-order valence-corrected chi connectivity index (χ0v) is 14.7. The van der Waals surface area contributed by atoms with Crippen LogP contribution in [-0.4, -0.2) is 22.9 Å². The number of hydrogen-bond donors (Lipinski definition) is 4. The van der Waals surface area contributed by atoms with Crippen molar-refractivity contribution in [1.29, 1.82) is 0 Å². The van der Waals surface area contributed by atoms with Crippen molar-refractivity contribution in [2.24, 2.45) is 10.9 Å². The first-order valence-electron chi connectivity index (χ1n) is 8.13. The quantitative estimate of drug-likeness (QED) is 0.209. The molecule has 5 N–H and O–H groups in total. The molecule has 2 rings (SSSR count). The third kappa shape index (κ3) is 5.34. The van der Waals surface area contributed by atoms with Gasteiger partial charge in [0.1, 0.15) is 6.42 Å². The lowest BCUT2D eigenvalue weighted by atomic mass is 10.1. The number of carbonyl (C=O) groups is 2. The fourth-order valence-electron chi connectivity index (χ4n) is 2.45. The predicted molar refractivity (Wildman–Crippen MR) is 99.9 cm³/mol. The minimum Gasteiger partial charge on any atom is -0.409 e. The standard InChI is InChI=1S/C19H22N4O3/c1-12-4-3-5-15(10-12)13(2)21-17(24)11-18(25)22-16-8-6-14(7-9-16)19(20)23-26/h3-10,13,26H,11H2,1-2H3,(H2,20,23)(H,21,24)(H,22,25). The van der Waals surface area contributed by atoms with Crippen molar-refractivity contribution in [1.82, 2.24) is 5.32 Å². The molecular weight excluding hydrogens is 332 g/mol. The van der Waals surface area contributed by atoms with Crippen molar-refractivity contribution in [2.45, 2.75) is 26.3 Å². The lowest BCUT2D eigenvalue weighted by Crippen LogP contribution is -2.30. The van der Waals surface area contributed by atoms with Gasteiger partial charge in [0.05, 0.1) is 6.04 Å². The van der Waals surface area contributed by atoms with Crippen LogP contribution in [-0.2, 0) is 9.59 Å². The number of benzene rings is 2. The van der Waals surface area contributed by atoms with Crippen LogP contribution in [0.3, 0.4) is 0 Å². The van der Waals surface area contributed by atoms with Gasteiger partial charge in [-0.25, -0.2) is 0 Å². The monoisotopic (exact) mass is 354 g/mol. The van der Waals surface area contributed by atoms with Gasteiger partial charge in [0, 0.05) is 11.3 Å². The summed E-state index contributed by atoms with van der Waals surface area (Å²) in [6.45, 7) is 3.85. The van der Waals surface area contributed by atoms with E-state index in [0.29, 0.717) is 11.3 Å². The molecule has 0 bridgehead atoms. The molecule has 0 heterocycles. The molecule has 2 aromatic rings. The minimum absolute atomic E-state index is 0.0209. The number of amidine groups is 1. The third-order valence-corrected chi connectivity index (χ3v) is 3.81. The topological polar surface area (TPSA) is 117 Å². The number of aryl methyl sites for hydroxylation is 1. The van der Waals surface area contributed by atoms with E-state index in [-0.39, 0.29) is 24.2 Å². The fraction of sp³-hybridized carbons (Fsp3) is 0.211. The Hall–Kier alpha value is -3.35. The minimum atomic E-state index is -0.421. The third-order valence-electron chi connectivity index (χ3n) is 3.81. The average Bonchev–Trinajstić information content (AvgIpc) is 2.61. The van der Waals surface area contributed by atoms with Crippen molar-refractivity contribution in [3.05, 3.63) is 65.2 Å². The first kappa shape index (κ1) is 19.0. The summed E-state index contributed by atoms with van der Waals surface area (Å²) in [7, 11) is 0. The fourth-order valence-corrected chi connectivity index (χ4v) is 2.45. The van der Waals surface area contributed by atoms with Crippen LogP contribution in [0.15, 0.2) is 53.7 Å². The molecule has 0 aliphatic heterocycles. The number of anilines is 1. The van der Waals surface area contributed by atoms with Crippen LogP contribution in [0.4, 0.5) is 5.69 Å². The summed E-state index contributed by atoms with van der Waals surface area (Å²) < 4.78 is 0. The molecule has 7 heteroatoms. The summed E-state index contributed by atoms with van der Waals surface area (Å²) >= 11 is 0. The van der Waals surface area contributed by atoms with E-state index in [1.165, 1.54) is 0 Å². The van der Waals surface area contributed by atoms with E-state index >= 15 is 0 Å². The summed E-state index contributed by atoms with van der Waals surface area (Å²) in [5, 5.41) is 17.0. The van der Waals surface area contributed by atoms with Crippen molar-refractivity contribution in [2.75, 3.05) is 5.32 Å². The largest absolute Gasteiger partial charge is 0.409 e. The molecule has 2 amide bonds. The highest BCUT2D eigenvalue weighted by Crippen LogP contribution is 2.14. The second-order valence-electron chi connectivity index (χ2n) is 5.99. The van der Waals surface area contributed by atoms with Gasteiger partial charge in [0.25, 0.3) is 0 Å². The van der Waals surface area contributed by atoms with E-state index in [2.05, 4.69) is 15.8 Å². The van der Waals surface area contributed by atoms with Gasteiger partial charge in [-0.05, 0) is 43.7 Å². The number of nitrogens with two attached hydrogens (primary N) is 1. The van der Waals surface area contributed by atoms with E-state index in [9.17, 15) is 9.59 Å². The van der Waals surface area contributed by atoms with Gasteiger partial charge in [0.2, 0.25) is 11.8 Å². The number of nitrogens with zero attached hydrogens (tertiary/aromatic N) is 1. The molecular formula is C19H22N4O3. The zero-order valence-electron chi connectivity index (χ0n) is 14.7. The summed E-state index contributed by atoms with van der Waals surface area (Å²) in [6.07, 6.45) is -0.280. The number of amides is 2. The Labute approximate surface area is 151 Å². The smallest absolute Gasteiger partial charge is 0.233 e. The molecule has 0 saturated heterocycles. The van der Waals surface area contributed by atoms with Crippen LogP contribution in [0, 0.1) is 6.92 Å². The number of nitrogens with one attached hydrogen (secondary N) is 2. The molecule has 0 saturated carbocycles. The number of oxime groups is 1. The Bertz CT molecular complexity index is 816. The maximum absolute atomic E-state index is 12.1. The SMILES string of the molecule is Cc1cccc(C(C)NC(=O)CC(=O)Nc2ccc(/C(N)=N\O)cc2)c1. The molecule has 0 spiro atoms. The van der Waals surface area contributed by atoms with Crippen LogP contribution in [0.5, 0.6) is 0 Å². The van der Waals surface area contributed by atoms with Crippen LogP contribution in [0.1, 0.15) is 36.1 Å². The van der Waals surface area contributed by atoms with Gasteiger partial charge in [-0.1, -0.05) is 35.0 Å². The van der Waals surface area contributed by atoms with Gasteiger partial charge < -0.3 is 21.6 Å². The molecule has 0 aromatic heterocycles. The molecule has 136 valence electrons. The molecule has 1 atom stereocenters. The highest BCUT2D eigenvalue weighted by molar-refractivity contribution is 6.04. The maximum Gasteiger partial charge on any atom is 0.233 e. The first-order valence-corrected chi connectivity index (χ1v) is 8.13. The van der Waals surface area contributed by atoms with Crippen molar-refractivity contribution < 1.29 is 14.8 Å². The Morgan fingerprint density at radius 2 is 1.85 bits per heavy atom. The van der Waals surface area contributed by atoms with Crippen LogP contribution in [0.25, 0.3) is 0 Å². The van der Waals surface area contributed by atoms with Gasteiger partial charge in [0.15, 0.2) is 5.84 Å². The molecule has 2 aromatic carbocycles. The predicted octanol–water partition coefficient (Wildman–Crippen LogP) is 2.30. The highest BCUT2D eigenvalue weighted by atomic mass is 16.4. The number of rotatable bonds is 6. The zero-order chi connectivity index (χ0) is 19.1. The maximum atomic E-state index is 12.1. The summed E-state index contributed by atoms with van der Waals surface area (Å²) in [5.41, 5.74) is 8.61. The second-order valence-corrected chi connectivity index (χ2v) is 5.99. The normalized spacial score (nSPS) is 12.3. The Balaban J connectivity index is 1.88. The van der Waals surface area contributed by atoms with E-state index in [1.54, 1.807) is 24.3 Å². The Morgan fingerprint density at radius 3 is 2.46 bits per heavy atom. The van der Waals surface area contributed by atoms with Crippen molar-refractivity contribution in [3.63, 3.8) is 0 Å². The van der Waals surface area contributed by atoms with E-state index in [1.807, 2.05) is 38.1 Å². The van der Waals surface area contributed by atoms with Crippen LogP contribution >= 0.6 is 0 Å². The number of hydrogen-bond acceptors (Lipinski definition) is 4. The van der Waals surface area contributed by atoms with E-state index in [4.69, 9.17) is 10.9 Å². The molecule has 0 fully saturated rings.